The quantitative estimate of drug-likeness (QED) is 0.850. The van der Waals surface area contributed by atoms with Gasteiger partial charge in [-0.3, -0.25) is 9.71 Å². The summed E-state index contributed by atoms with van der Waals surface area (Å²) < 4.78 is 39.7. The number of aromatic nitrogens is 1. The molecule has 1 aromatic carbocycles. The molecule has 1 heterocycles. The number of sulfonamides is 1. The van der Waals surface area contributed by atoms with Gasteiger partial charge in [0.2, 0.25) is 10.0 Å². The Hall–Kier alpha value is -1.99. The van der Waals surface area contributed by atoms with Crippen LogP contribution in [0.4, 0.5) is 10.1 Å². The van der Waals surface area contributed by atoms with Gasteiger partial charge in [-0.15, -0.1) is 0 Å². The number of pyridine rings is 1. The molecule has 0 saturated heterocycles. The van der Waals surface area contributed by atoms with Crippen LogP contribution in [0.1, 0.15) is 11.1 Å². The zero-order valence-corrected chi connectivity index (χ0v) is 12.1. The number of hydrogen-bond acceptors (Lipinski definition) is 4. The van der Waals surface area contributed by atoms with E-state index in [4.69, 9.17) is 5.73 Å². The number of rotatable bonds is 6. The molecule has 0 bridgehead atoms. The molecule has 0 unspecified atom stereocenters. The van der Waals surface area contributed by atoms with E-state index in [-0.39, 0.29) is 12.3 Å². The second-order valence-corrected chi connectivity index (χ2v) is 6.37. The van der Waals surface area contributed by atoms with Gasteiger partial charge in [-0.2, -0.15) is 0 Å². The van der Waals surface area contributed by atoms with Crippen LogP contribution in [-0.2, 0) is 23.0 Å². The number of hydrogen-bond donors (Lipinski definition) is 2. The predicted molar refractivity (Wildman–Crippen MR) is 79.6 cm³/mol. The van der Waals surface area contributed by atoms with Gasteiger partial charge in [0.15, 0.2) is 0 Å². The largest absolute Gasteiger partial charge is 0.326 e. The lowest BCUT2D eigenvalue weighted by Crippen LogP contribution is -2.19. The Labute approximate surface area is 123 Å². The molecule has 0 radical (unpaired) electrons. The molecule has 7 heteroatoms. The van der Waals surface area contributed by atoms with E-state index in [2.05, 4.69) is 9.71 Å². The minimum atomic E-state index is -3.53. The molecule has 5 nitrogen and oxygen atoms in total. The van der Waals surface area contributed by atoms with Gasteiger partial charge >= 0.3 is 0 Å². The summed E-state index contributed by atoms with van der Waals surface area (Å²) in [5, 5.41) is 0. The molecule has 0 aliphatic heterocycles. The number of aryl methyl sites for hydroxylation is 1. The number of nitrogens with zero attached hydrogens (tertiary/aromatic N) is 1. The molecule has 2 aromatic rings. The van der Waals surface area contributed by atoms with Gasteiger partial charge in [0.25, 0.3) is 0 Å². The molecule has 0 spiro atoms. The van der Waals surface area contributed by atoms with Crippen LogP contribution in [0.5, 0.6) is 0 Å². The third-order valence-corrected chi connectivity index (χ3v) is 4.23. The van der Waals surface area contributed by atoms with Crippen molar-refractivity contribution in [1.82, 2.24) is 4.98 Å². The standard InChI is InChI=1S/C14H16FN3O2S/c15-13-1-2-14(12(9-13)10-16)18-21(19,20)8-5-11-3-6-17-7-4-11/h1-4,6-7,9,18H,5,8,10,16H2. The molecule has 21 heavy (non-hydrogen) atoms. The van der Waals surface area contributed by atoms with Crippen LogP contribution in [0.3, 0.4) is 0 Å². The number of nitrogens with two attached hydrogens (primary N) is 1. The summed E-state index contributed by atoms with van der Waals surface area (Å²) in [6.45, 7) is 0.0555. The highest BCUT2D eigenvalue weighted by atomic mass is 32.2. The van der Waals surface area contributed by atoms with Crippen LogP contribution in [0.15, 0.2) is 42.7 Å². The van der Waals surface area contributed by atoms with Crippen LogP contribution in [-0.4, -0.2) is 19.2 Å². The van der Waals surface area contributed by atoms with E-state index < -0.39 is 15.8 Å². The number of benzene rings is 1. The molecule has 0 fully saturated rings. The van der Waals surface area contributed by atoms with Crippen molar-refractivity contribution in [3.05, 3.63) is 59.7 Å². The first kappa shape index (κ1) is 15.4. The Kier molecular flexibility index (Phi) is 4.87. The van der Waals surface area contributed by atoms with E-state index in [1.54, 1.807) is 24.5 Å². The fraction of sp³-hybridized carbons (Fsp3) is 0.214. The van der Waals surface area contributed by atoms with Crippen molar-refractivity contribution in [1.29, 1.82) is 0 Å². The first-order valence-electron chi connectivity index (χ1n) is 6.38. The lowest BCUT2D eigenvalue weighted by Gasteiger charge is -2.11. The molecule has 3 N–H and O–H groups in total. The second-order valence-electron chi connectivity index (χ2n) is 4.53. The normalized spacial score (nSPS) is 11.3. The molecule has 0 amide bonds. The van der Waals surface area contributed by atoms with Gasteiger partial charge in [0.05, 0.1) is 11.4 Å². The average molecular weight is 309 g/mol. The number of nitrogens with one attached hydrogen (secondary N) is 1. The number of anilines is 1. The van der Waals surface area contributed by atoms with Crippen LogP contribution in [0, 0.1) is 5.82 Å². The molecule has 112 valence electrons. The summed E-state index contributed by atoms with van der Waals surface area (Å²) in [4.78, 5) is 3.87. The third-order valence-electron chi connectivity index (χ3n) is 2.96. The van der Waals surface area contributed by atoms with Crippen molar-refractivity contribution in [2.24, 2.45) is 5.73 Å². The van der Waals surface area contributed by atoms with Crippen molar-refractivity contribution in [2.45, 2.75) is 13.0 Å². The molecule has 0 aliphatic rings. The van der Waals surface area contributed by atoms with Crippen molar-refractivity contribution in [2.75, 3.05) is 10.5 Å². The molecule has 1 aromatic heterocycles. The maximum absolute atomic E-state index is 13.1. The molecule has 2 rings (SSSR count). The highest BCUT2D eigenvalue weighted by molar-refractivity contribution is 7.92. The van der Waals surface area contributed by atoms with Gasteiger partial charge in [-0.25, -0.2) is 12.8 Å². The van der Waals surface area contributed by atoms with E-state index in [1.807, 2.05) is 0 Å². The van der Waals surface area contributed by atoms with Crippen LogP contribution in [0.25, 0.3) is 0 Å². The van der Waals surface area contributed by atoms with Crippen LogP contribution in [0.2, 0.25) is 0 Å². The highest BCUT2D eigenvalue weighted by Gasteiger charge is 2.13. The predicted octanol–water partition coefficient (Wildman–Crippen LogP) is 1.66. The van der Waals surface area contributed by atoms with E-state index in [0.717, 1.165) is 5.56 Å². The maximum atomic E-state index is 13.1. The van der Waals surface area contributed by atoms with E-state index in [1.165, 1.54) is 18.2 Å². The summed E-state index contributed by atoms with van der Waals surface area (Å²) in [5.41, 5.74) is 7.11. The SMILES string of the molecule is NCc1cc(F)ccc1NS(=O)(=O)CCc1ccncc1. The van der Waals surface area contributed by atoms with E-state index >= 15 is 0 Å². The Morgan fingerprint density at radius 2 is 1.90 bits per heavy atom. The second kappa shape index (κ2) is 6.64. The van der Waals surface area contributed by atoms with Crippen molar-refractivity contribution in [3.8, 4) is 0 Å². The van der Waals surface area contributed by atoms with Gasteiger partial charge in [-0.05, 0) is 47.9 Å². The Morgan fingerprint density at radius 3 is 2.57 bits per heavy atom. The summed E-state index contributed by atoms with van der Waals surface area (Å²) >= 11 is 0. The van der Waals surface area contributed by atoms with Crippen molar-refractivity contribution < 1.29 is 12.8 Å². The van der Waals surface area contributed by atoms with Crippen molar-refractivity contribution >= 4 is 15.7 Å². The Morgan fingerprint density at radius 1 is 1.19 bits per heavy atom. The maximum Gasteiger partial charge on any atom is 0.233 e. The fourth-order valence-electron chi connectivity index (χ4n) is 1.85. The third kappa shape index (κ3) is 4.51. The topological polar surface area (TPSA) is 85.1 Å². The zero-order valence-electron chi connectivity index (χ0n) is 11.3. The lowest BCUT2D eigenvalue weighted by atomic mass is 10.2. The summed E-state index contributed by atoms with van der Waals surface area (Å²) in [6.07, 6.45) is 3.60. The van der Waals surface area contributed by atoms with Gasteiger partial charge in [0, 0.05) is 18.9 Å². The van der Waals surface area contributed by atoms with E-state index in [0.29, 0.717) is 17.7 Å². The van der Waals surface area contributed by atoms with E-state index in [9.17, 15) is 12.8 Å². The first-order valence-corrected chi connectivity index (χ1v) is 8.03. The molecule has 0 aliphatic carbocycles. The summed E-state index contributed by atoms with van der Waals surface area (Å²) in [7, 11) is -3.53. The molecule has 0 atom stereocenters. The average Bonchev–Trinajstić information content (AvgIpc) is 2.48. The lowest BCUT2D eigenvalue weighted by molar-refractivity contribution is 0.600. The zero-order chi connectivity index (χ0) is 15.3. The molecular weight excluding hydrogens is 293 g/mol. The monoisotopic (exact) mass is 309 g/mol. The Bertz CT molecular complexity index is 705. The first-order chi connectivity index (χ1) is 10.00. The van der Waals surface area contributed by atoms with Gasteiger partial charge in [-0.1, -0.05) is 0 Å². The summed E-state index contributed by atoms with van der Waals surface area (Å²) in [6, 6.07) is 7.32. The van der Waals surface area contributed by atoms with Crippen LogP contribution < -0.4 is 10.5 Å². The van der Waals surface area contributed by atoms with Crippen molar-refractivity contribution in [3.63, 3.8) is 0 Å². The fourth-order valence-corrected chi connectivity index (χ4v) is 2.99. The Balaban J connectivity index is 2.07. The molecular formula is C14H16FN3O2S. The minimum absolute atomic E-state index is 0.0555. The van der Waals surface area contributed by atoms with Crippen LogP contribution >= 0.6 is 0 Å². The summed E-state index contributed by atoms with van der Waals surface area (Å²) in [5.74, 6) is -0.520. The van der Waals surface area contributed by atoms with Gasteiger partial charge < -0.3 is 5.73 Å². The van der Waals surface area contributed by atoms with Gasteiger partial charge in [0.1, 0.15) is 5.82 Å². The smallest absolute Gasteiger partial charge is 0.233 e. The highest BCUT2D eigenvalue weighted by Crippen LogP contribution is 2.18. The molecule has 0 saturated carbocycles. The number of halogens is 1. The minimum Gasteiger partial charge on any atom is -0.326 e.